The first-order valence-corrected chi connectivity index (χ1v) is 8.61. The van der Waals surface area contributed by atoms with Crippen molar-refractivity contribution < 1.29 is 0 Å². The van der Waals surface area contributed by atoms with Crippen LogP contribution in [-0.4, -0.2) is 9.55 Å². The number of hydrogen-bond donors (Lipinski definition) is 0. The van der Waals surface area contributed by atoms with E-state index in [4.69, 9.17) is 4.98 Å². The topological polar surface area (TPSA) is 34.9 Å². The van der Waals surface area contributed by atoms with E-state index in [1.807, 2.05) is 29.7 Å². The molecule has 1 aromatic carbocycles. The second-order valence-electron chi connectivity index (χ2n) is 5.93. The Morgan fingerprint density at radius 3 is 2.77 bits per heavy atom. The number of hydrogen-bond acceptors (Lipinski definition) is 3. The van der Waals surface area contributed by atoms with E-state index in [1.54, 1.807) is 11.3 Å². The molecule has 112 valence electrons. The van der Waals surface area contributed by atoms with E-state index in [0.717, 1.165) is 34.4 Å². The van der Waals surface area contributed by atoms with Crippen molar-refractivity contribution in [1.29, 1.82) is 0 Å². The van der Waals surface area contributed by atoms with Crippen molar-refractivity contribution >= 4 is 21.6 Å². The van der Waals surface area contributed by atoms with E-state index >= 15 is 0 Å². The molecule has 0 unspecified atom stereocenters. The summed E-state index contributed by atoms with van der Waals surface area (Å²) >= 11 is 1.72. The van der Waals surface area contributed by atoms with E-state index < -0.39 is 0 Å². The Morgan fingerprint density at radius 1 is 1.18 bits per heavy atom. The minimum atomic E-state index is 0.130. The zero-order chi connectivity index (χ0) is 15.1. The summed E-state index contributed by atoms with van der Waals surface area (Å²) in [5.41, 5.74) is 2.54. The lowest BCUT2D eigenvalue weighted by molar-refractivity contribution is 0.693. The lowest BCUT2D eigenvalue weighted by Crippen LogP contribution is -2.24. The number of rotatable bonds is 2. The first kappa shape index (κ1) is 13.7. The number of aryl methyl sites for hydroxylation is 3. The summed E-state index contributed by atoms with van der Waals surface area (Å²) in [5, 5.41) is 0.876. The number of nitrogens with zero attached hydrogens (tertiary/aromatic N) is 2. The fourth-order valence-corrected chi connectivity index (χ4v) is 4.59. The average molecular weight is 310 g/mol. The molecule has 1 aliphatic rings. The minimum Gasteiger partial charge on any atom is -0.292 e. The predicted molar refractivity (Wildman–Crippen MR) is 90.8 cm³/mol. The highest BCUT2D eigenvalue weighted by atomic mass is 32.1. The Balaban J connectivity index is 1.90. The molecule has 3 nitrogen and oxygen atoms in total. The summed E-state index contributed by atoms with van der Waals surface area (Å²) in [6.07, 6.45) is 4.55. The van der Waals surface area contributed by atoms with Crippen molar-refractivity contribution in [3.05, 3.63) is 62.5 Å². The van der Waals surface area contributed by atoms with Crippen LogP contribution in [0.4, 0.5) is 0 Å². The third kappa shape index (κ3) is 2.18. The van der Waals surface area contributed by atoms with E-state index in [2.05, 4.69) is 12.1 Å². The molecule has 22 heavy (non-hydrogen) atoms. The second kappa shape index (κ2) is 5.36. The van der Waals surface area contributed by atoms with Crippen molar-refractivity contribution in [2.24, 2.45) is 0 Å². The first-order valence-electron chi connectivity index (χ1n) is 7.79. The van der Waals surface area contributed by atoms with Crippen LogP contribution < -0.4 is 5.56 Å². The van der Waals surface area contributed by atoms with Gasteiger partial charge in [-0.1, -0.05) is 30.3 Å². The van der Waals surface area contributed by atoms with Crippen LogP contribution in [0.5, 0.6) is 0 Å². The van der Waals surface area contributed by atoms with Gasteiger partial charge in [-0.15, -0.1) is 11.3 Å². The summed E-state index contributed by atoms with van der Waals surface area (Å²) in [6, 6.07) is 10.1. The molecule has 0 aliphatic heterocycles. The quantitative estimate of drug-likeness (QED) is 0.723. The molecule has 0 fully saturated rings. The molecule has 0 atom stereocenters. The highest BCUT2D eigenvalue weighted by molar-refractivity contribution is 7.18. The van der Waals surface area contributed by atoms with Gasteiger partial charge in [-0.25, -0.2) is 4.98 Å². The third-order valence-corrected chi connectivity index (χ3v) is 5.63. The molecular formula is C18H18N2OS. The molecule has 0 N–H and O–H groups in total. The van der Waals surface area contributed by atoms with Gasteiger partial charge in [0, 0.05) is 4.88 Å². The van der Waals surface area contributed by atoms with Crippen LogP contribution in [0.1, 0.15) is 34.7 Å². The second-order valence-corrected chi connectivity index (χ2v) is 7.01. The number of fused-ring (bicyclic) bond motifs is 3. The first-order chi connectivity index (χ1) is 10.7. The highest BCUT2D eigenvalue weighted by Crippen LogP contribution is 2.33. The third-order valence-electron chi connectivity index (χ3n) is 4.45. The van der Waals surface area contributed by atoms with Crippen LogP contribution in [0.2, 0.25) is 0 Å². The Morgan fingerprint density at radius 2 is 1.95 bits per heavy atom. The summed E-state index contributed by atoms with van der Waals surface area (Å²) < 4.78 is 1.82. The van der Waals surface area contributed by atoms with Crippen molar-refractivity contribution in [1.82, 2.24) is 9.55 Å². The van der Waals surface area contributed by atoms with Crippen LogP contribution in [0.15, 0.2) is 35.1 Å². The zero-order valence-corrected chi connectivity index (χ0v) is 13.4. The number of thiophene rings is 1. The van der Waals surface area contributed by atoms with Crippen LogP contribution in [0.3, 0.4) is 0 Å². The van der Waals surface area contributed by atoms with Crippen molar-refractivity contribution in [3.8, 4) is 0 Å². The van der Waals surface area contributed by atoms with Gasteiger partial charge in [0.1, 0.15) is 10.7 Å². The Hall–Kier alpha value is -1.94. The summed E-state index contributed by atoms with van der Waals surface area (Å²) in [5.74, 6) is 0.806. The number of aromatic nitrogens is 2. The molecule has 3 aromatic rings. The zero-order valence-electron chi connectivity index (χ0n) is 12.6. The summed E-state index contributed by atoms with van der Waals surface area (Å²) in [4.78, 5) is 20.0. The molecule has 4 heteroatoms. The normalized spacial score (nSPS) is 14.2. The highest BCUT2D eigenvalue weighted by Gasteiger charge is 2.21. The average Bonchev–Trinajstić information content (AvgIpc) is 2.90. The van der Waals surface area contributed by atoms with E-state index in [-0.39, 0.29) is 5.56 Å². The SMILES string of the molecule is Cc1nc2sc3c(c2c(=O)n1Cc1ccccc1)CCCC3. The molecule has 0 bridgehead atoms. The van der Waals surface area contributed by atoms with Gasteiger partial charge in [-0.2, -0.15) is 0 Å². The van der Waals surface area contributed by atoms with Crippen LogP contribution in [0, 0.1) is 6.92 Å². The lowest BCUT2D eigenvalue weighted by atomic mass is 9.97. The standard InChI is InChI=1S/C18H18N2OS/c1-12-19-17-16(14-9-5-6-10-15(14)22-17)18(21)20(12)11-13-7-3-2-4-8-13/h2-4,7-8H,5-6,9-11H2,1H3. The molecule has 4 rings (SSSR count). The van der Waals surface area contributed by atoms with Gasteiger partial charge in [0.15, 0.2) is 0 Å². The Bertz CT molecular complexity index is 893. The largest absolute Gasteiger partial charge is 0.292 e. The van der Waals surface area contributed by atoms with Gasteiger partial charge >= 0.3 is 0 Å². The molecule has 2 aromatic heterocycles. The van der Waals surface area contributed by atoms with Crippen molar-refractivity contribution in [3.63, 3.8) is 0 Å². The van der Waals surface area contributed by atoms with Crippen LogP contribution in [-0.2, 0) is 19.4 Å². The molecule has 0 saturated heterocycles. The maximum atomic E-state index is 13.0. The van der Waals surface area contributed by atoms with Gasteiger partial charge < -0.3 is 0 Å². The Kier molecular flexibility index (Phi) is 3.34. The molecule has 0 spiro atoms. The maximum Gasteiger partial charge on any atom is 0.262 e. The van der Waals surface area contributed by atoms with Crippen LogP contribution >= 0.6 is 11.3 Å². The molecular weight excluding hydrogens is 292 g/mol. The smallest absolute Gasteiger partial charge is 0.262 e. The fourth-order valence-electron chi connectivity index (χ4n) is 3.29. The molecule has 0 saturated carbocycles. The number of benzene rings is 1. The summed E-state index contributed by atoms with van der Waals surface area (Å²) in [6.45, 7) is 2.53. The Labute approximate surface area is 133 Å². The van der Waals surface area contributed by atoms with Gasteiger partial charge in [-0.3, -0.25) is 9.36 Å². The van der Waals surface area contributed by atoms with Gasteiger partial charge in [0.25, 0.3) is 5.56 Å². The lowest BCUT2D eigenvalue weighted by Gasteiger charge is -2.12. The van der Waals surface area contributed by atoms with Gasteiger partial charge in [-0.05, 0) is 43.7 Å². The molecule has 0 radical (unpaired) electrons. The molecule has 2 heterocycles. The summed E-state index contributed by atoms with van der Waals surface area (Å²) in [7, 11) is 0. The van der Waals surface area contributed by atoms with E-state index in [0.29, 0.717) is 6.54 Å². The van der Waals surface area contributed by atoms with E-state index in [1.165, 1.54) is 23.3 Å². The molecule has 0 amide bonds. The maximum absolute atomic E-state index is 13.0. The minimum absolute atomic E-state index is 0.130. The molecule has 1 aliphatic carbocycles. The van der Waals surface area contributed by atoms with Gasteiger partial charge in [0.2, 0.25) is 0 Å². The van der Waals surface area contributed by atoms with Crippen molar-refractivity contribution in [2.45, 2.75) is 39.2 Å². The van der Waals surface area contributed by atoms with Crippen molar-refractivity contribution in [2.75, 3.05) is 0 Å². The fraction of sp³-hybridized carbons (Fsp3) is 0.333. The van der Waals surface area contributed by atoms with Crippen LogP contribution in [0.25, 0.3) is 10.2 Å². The van der Waals surface area contributed by atoms with Gasteiger partial charge in [0.05, 0.1) is 11.9 Å². The predicted octanol–water partition coefficient (Wildman–Crippen LogP) is 3.69. The monoisotopic (exact) mass is 310 g/mol. The van der Waals surface area contributed by atoms with E-state index in [9.17, 15) is 4.79 Å².